The van der Waals surface area contributed by atoms with E-state index < -0.39 is 32.7 Å². The molecule has 0 aliphatic carbocycles. The lowest BCUT2D eigenvalue weighted by Gasteiger charge is -2.22. The van der Waals surface area contributed by atoms with E-state index in [-0.39, 0.29) is 12.5 Å². The highest BCUT2D eigenvalue weighted by atomic mass is 32.2. The second-order valence-electron chi connectivity index (χ2n) is 6.80. The van der Waals surface area contributed by atoms with Gasteiger partial charge in [0.05, 0.1) is 6.04 Å². The lowest BCUT2D eigenvalue weighted by Crippen LogP contribution is -2.48. The van der Waals surface area contributed by atoms with Crippen molar-refractivity contribution in [3.63, 3.8) is 0 Å². The molecule has 2 atom stereocenters. The molecule has 8 heteroatoms. The first-order chi connectivity index (χ1) is 14.4. The lowest BCUT2D eigenvalue weighted by atomic mass is 10.0. The van der Waals surface area contributed by atoms with Crippen LogP contribution in [-0.4, -0.2) is 25.4 Å². The largest absolute Gasteiger partial charge is 0.348 e. The Labute approximate surface area is 175 Å². The number of amides is 1. The Morgan fingerprint density at radius 1 is 1.00 bits per heavy atom. The zero-order chi connectivity index (χ0) is 21.6. The monoisotopic (exact) mass is 427 g/mol. The first-order valence-corrected chi connectivity index (χ1v) is 10.9. The molecule has 0 radical (unpaired) electrons. The number of sulfonamides is 1. The van der Waals surface area contributed by atoms with Crippen molar-refractivity contribution in [2.24, 2.45) is 0 Å². The van der Waals surface area contributed by atoms with Gasteiger partial charge in [0.25, 0.3) is 0 Å². The van der Waals surface area contributed by atoms with Crippen molar-refractivity contribution < 1.29 is 17.6 Å². The van der Waals surface area contributed by atoms with Gasteiger partial charge >= 0.3 is 0 Å². The summed E-state index contributed by atoms with van der Waals surface area (Å²) in [5.74, 6) is -1.39. The van der Waals surface area contributed by atoms with Gasteiger partial charge in [-0.05, 0) is 48.7 Å². The number of nitrogens with zero attached hydrogens (tertiary/aromatic N) is 1. The summed E-state index contributed by atoms with van der Waals surface area (Å²) < 4.78 is 42.0. The third-order valence-electron chi connectivity index (χ3n) is 4.59. The molecule has 1 heterocycles. The van der Waals surface area contributed by atoms with Crippen molar-refractivity contribution in [1.29, 1.82) is 0 Å². The first-order valence-electron chi connectivity index (χ1n) is 9.38. The Bertz CT molecular complexity index is 1090. The summed E-state index contributed by atoms with van der Waals surface area (Å²) >= 11 is 0. The molecule has 0 fully saturated rings. The molecule has 0 aliphatic heterocycles. The quantitative estimate of drug-likeness (QED) is 0.579. The molecule has 3 rings (SSSR count). The summed E-state index contributed by atoms with van der Waals surface area (Å²) in [6.07, 6.45) is 3.34. The summed E-state index contributed by atoms with van der Waals surface area (Å²) in [5.41, 5.74) is 1.60. The third kappa shape index (κ3) is 5.49. The number of pyridine rings is 1. The van der Waals surface area contributed by atoms with E-state index in [1.165, 1.54) is 12.1 Å². The number of halogens is 1. The topological polar surface area (TPSA) is 88.2 Å². The van der Waals surface area contributed by atoms with Gasteiger partial charge in [-0.25, -0.2) is 12.8 Å². The van der Waals surface area contributed by atoms with Crippen molar-refractivity contribution in [1.82, 2.24) is 15.0 Å². The summed E-state index contributed by atoms with van der Waals surface area (Å²) in [6, 6.07) is 16.1. The SMILES string of the molecule is CC(NC(=O)C(Cc1ccccc1)NS(=O)(=O)c1ccccc1F)c1ccncc1. The predicted molar refractivity (Wildman–Crippen MR) is 111 cm³/mol. The molecule has 2 aromatic carbocycles. The molecule has 3 aromatic rings. The molecule has 6 nitrogen and oxygen atoms in total. The van der Waals surface area contributed by atoms with Crippen LogP contribution in [0.25, 0.3) is 0 Å². The van der Waals surface area contributed by atoms with Crippen LogP contribution in [0.3, 0.4) is 0 Å². The standard InChI is InChI=1S/C22H22FN3O3S/c1-16(18-11-13-24-14-12-18)25-22(27)20(15-17-7-3-2-4-8-17)26-30(28,29)21-10-6-5-9-19(21)23/h2-14,16,20,26H,15H2,1H3,(H,25,27). The molecule has 30 heavy (non-hydrogen) atoms. The van der Waals surface area contributed by atoms with Crippen LogP contribution in [0.15, 0.2) is 84.0 Å². The molecule has 2 unspecified atom stereocenters. The van der Waals surface area contributed by atoms with Crippen LogP contribution in [0.2, 0.25) is 0 Å². The Balaban J connectivity index is 1.84. The highest BCUT2D eigenvalue weighted by Gasteiger charge is 2.28. The molecule has 0 saturated carbocycles. The zero-order valence-electron chi connectivity index (χ0n) is 16.3. The van der Waals surface area contributed by atoms with E-state index in [9.17, 15) is 17.6 Å². The molecule has 156 valence electrons. The van der Waals surface area contributed by atoms with E-state index in [2.05, 4.69) is 15.0 Å². The Morgan fingerprint density at radius 2 is 1.63 bits per heavy atom. The maximum absolute atomic E-state index is 14.1. The number of carbonyl (C=O) groups is 1. The van der Waals surface area contributed by atoms with Gasteiger partial charge in [-0.15, -0.1) is 0 Å². The van der Waals surface area contributed by atoms with Crippen molar-refractivity contribution in [3.05, 3.63) is 96.1 Å². The van der Waals surface area contributed by atoms with E-state index >= 15 is 0 Å². The van der Waals surface area contributed by atoms with Gasteiger partial charge in [-0.2, -0.15) is 4.72 Å². The van der Waals surface area contributed by atoms with Gasteiger partial charge in [0.15, 0.2) is 0 Å². The van der Waals surface area contributed by atoms with E-state index in [0.29, 0.717) is 0 Å². The highest BCUT2D eigenvalue weighted by molar-refractivity contribution is 7.89. The van der Waals surface area contributed by atoms with Crippen LogP contribution in [0.4, 0.5) is 4.39 Å². The normalized spacial score (nSPS) is 13.4. The highest BCUT2D eigenvalue weighted by Crippen LogP contribution is 2.16. The predicted octanol–water partition coefficient (Wildman–Crippen LogP) is 2.99. The van der Waals surface area contributed by atoms with E-state index in [0.717, 1.165) is 23.3 Å². The fraction of sp³-hybridized carbons (Fsp3) is 0.182. The molecule has 1 amide bonds. The zero-order valence-corrected chi connectivity index (χ0v) is 17.1. The van der Waals surface area contributed by atoms with Crippen LogP contribution < -0.4 is 10.0 Å². The van der Waals surface area contributed by atoms with E-state index in [1.807, 2.05) is 6.07 Å². The minimum absolute atomic E-state index is 0.115. The smallest absolute Gasteiger partial charge is 0.244 e. The van der Waals surface area contributed by atoms with Crippen molar-refractivity contribution in [2.45, 2.75) is 30.3 Å². The van der Waals surface area contributed by atoms with Crippen molar-refractivity contribution >= 4 is 15.9 Å². The summed E-state index contributed by atoms with van der Waals surface area (Å²) in [5, 5.41) is 2.82. The first kappa shape index (κ1) is 21.6. The number of rotatable bonds is 8. The molecule has 0 saturated heterocycles. The van der Waals surface area contributed by atoms with Crippen LogP contribution >= 0.6 is 0 Å². The summed E-state index contributed by atoms with van der Waals surface area (Å²) in [6.45, 7) is 1.79. The fourth-order valence-corrected chi connectivity index (χ4v) is 4.27. The third-order valence-corrected chi connectivity index (χ3v) is 6.09. The summed E-state index contributed by atoms with van der Waals surface area (Å²) in [7, 11) is -4.25. The van der Waals surface area contributed by atoms with Crippen LogP contribution in [0.5, 0.6) is 0 Å². The number of aromatic nitrogens is 1. The molecule has 0 bridgehead atoms. The number of hydrogen-bond donors (Lipinski definition) is 2. The Kier molecular flexibility index (Phi) is 6.91. The Morgan fingerprint density at radius 3 is 2.30 bits per heavy atom. The van der Waals surface area contributed by atoms with E-state index in [1.54, 1.807) is 55.7 Å². The maximum Gasteiger partial charge on any atom is 0.244 e. The van der Waals surface area contributed by atoms with Gasteiger partial charge < -0.3 is 5.32 Å². The molecular weight excluding hydrogens is 405 g/mol. The second-order valence-corrected chi connectivity index (χ2v) is 8.49. The van der Waals surface area contributed by atoms with Crippen LogP contribution in [-0.2, 0) is 21.2 Å². The van der Waals surface area contributed by atoms with Gasteiger partial charge in [0.2, 0.25) is 15.9 Å². The molecule has 1 aromatic heterocycles. The Hall–Kier alpha value is -3.10. The van der Waals surface area contributed by atoms with Gasteiger partial charge in [0, 0.05) is 12.4 Å². The number of carbonyl (C=O) groups excluding carboxylic acids is 1. The van der Waals surface area contributed by atoms with Crippen molar-refractivity contribution in [2.75, 3.05) is 0 Å². The molecule has 0 aliphatic rings. The molecule has 2 N–H and O–H groups in total. The average Bonchev–Trinajstić information content (AvgIpc) is 2.74. The van der Waals surface area contributed by atoms with E-state index in [4.69, 9.17) is 0 Å². The van der Waals surface area contributed by atoms with Crippen LogP contribution in [0.1, 0.15) is 24.1 Å². The lowest BCUT2D eigenvalue weighted by molar-refractivity contribution is -0.123. The van der Waals surface area contributed by atoms with Gasteiger partial charge in [-0.1, -0.05) is 42.5 Å². The van der Waals surface area contributed by atoms with Gasteiger partial charge in [0.1, 0.15) is 16.8 Å². The van der Waals surface area contributed by atoms with Crippen LogP contribution in [0, 0.1) is 5.82 Å². The fourth-order valence-electron chi connectivity index (χ4n) is 3.00. The molecule has 0 spiro atoms. The minimum atomic E-state index is -4.25. The second kappa shape index (κ2) is 9.60. The summed E-state index contributed by atoms with van der Waals surface area (Å²) in [4.78, 5) is 16.4. The minimum Gasteiger partial charge on any atom is -0.348 e. The van der Waals surface area contributed by atoms with Gasteiger partial charge in [-0.3, -0.25) is 9.78 Å². The average molecular weight is 428 g/mol. The maximum atomic E-state index is 14.1. The number of nitrogens with one attached hydrogen (secondary N) is 2. The molecular formula is C22H22FN3O3S. The van der Waals surface area contributed by atoms with Crippen molar-refractivity contribution in [3.8, 4) is 0 Å². The number of benzene rings is 2. The number of hydrogen-bond acceptors (Lipinski definition) is 4.